The fraction of sp³-hybridized carbons (Fsp3) is 0.435. The summed E-state index contributed by atoms with van der Waals surface area (Å²) in [5, 5.41) is 8.38. The van der Waals surface area contributed by atoms with Gasteiger partial charge in [0.15, 0.2) is 11.6 Å². The Kier molecular flexibility index (Phi) is 9.69. The number of hydrogen-bond donors (Lipinski definition) is 1. The summed E-state index contributed by atoms with van der Waals surface area (Å²) in [6.07, 6.45) is 6.11. The second kappa shape index (κ2) is 12.0. The van der Waals surface area contributed by atoms with Crippen molar-refractivity contribution in [2.45, 2.75) is 62.0 Å². The lowest BCUT2D eigenvalue weighted by atomic mass is 9.77. The normalized spacial score (nSPS) is 18.6. The highest BCUT2D eigenvalue weighted by Crippen LogP contribution is 2.40. The minimum absolute atomic E-state index is 0.0122. The van der Waals surface area contributed by atoms with Crippen LogP contribution in [0.4, 0.5) is 17.6 Å². The van der Waals surface area contributed by atoms with Crippen molar-refractivity contribution in [1.82, 2.24) is 0 Å². The van der Waals surface area contributed by atoms with Crippen molar-refractivity contribution in [2.75, 3.05) is 0 Å². The summed E-state index contributed by atoms with van der Waals surface area (Å²) >= 11 is 0.0532. The molecule has 1 N–H and O–H groups in total. The first-order chi connectivity index (χ1) is 14.3. The fourth-order valence-electron chi connectivity index (χ4n) is 3.80. The van der Waals surface area contributed by atoms with Crippen LogP contribution < -0.4 is 0 Å². The number of hydrogen-bond acceptors (Lipinski definition) is 2. The molecule has 0 bridgehead atoms. The van der Waals surface area contributed by atoms with Crippen LogP contribution in [0, 0.1) is 17.6 Å². The molecule has 0 unspecified atom stereocenters. The van der Waals surface area contributed by atoms with Gasteiger partial charge < -0.3 is 5.11 Å². The summed E-state index contributed by atoms with van der Waals surface area (Å²) in [5.41, 5.74) is 0.679. The van der Waals surface area contributed by atoms with Crippen LogP contribution in [0.3, 0.4) is 0 Å². The predicted molar refractivity (Wildman–Crippen MR) is 111 cm³/mol. The summed E-state index contributed by atoms with van der Waals surface area (Å²) < 4.78 is 52.5. The van der Waals surface area contributed by atoms with Gasteiger partial charge in [-0.05, 0) is 61.3 Å². The third-order valence-electron chi connectivity index (χ3n) is 5.30. The zero-order chi connectivity index (χ0) is 22.1. The monoisotopic (exact) mass is 442 g/mol. The van der Waals surface area contributed by atoms with E-state index in [0.717, 1.165) is 32.1 Å². The number of alkyl halides is 2. The summed E-state index contributed by atoms with van der Waals surface area (Å²) in [4.78, 5) is 9.89. The number of rotatable bonds is 6. The molecule has 0 amide bonds. The van der Waals surface area contributed by atoms with Crippen molar-refractivity contribution in [3.63, 3.8) is 0 Å². The maximum Gasteiger partial charge on any atom is 0.335 e. The highest BCUT2D eigenvalue weighted by molar-refractivity contribution is 7.99. The molecule has 0 atom stereocenters. The van der Waals surface area contributed by atoms with E-state index >= 15 is 0 Å². The van der Waals surface area contributed by atoms with E-state index in [0.29, 0.717) is 17.0 Å². The zero-order valence-corrected chi connectivity index (χ0v) is 17.6. The van der Waals surface area contributed by atoms with Gasteiger partial charge in [0, 0.05) is 0 Å². The lowest BCUT2D eigenvalue weighted by molar-refractivity contribution is 0.0697. The van der Waals surface area contributed by atoms with Gasteiger partial charge in [-0.1, -0.05) is 55.8 Å². The Bertz CT molecular complexity index is 806. The molecule has 0 aromatic heterocycles. The molecule has 0 saturated heterocycles. The van der Waals surface area contributed by atoms with E-state index in [1.54, 1.807) is 30.3 Å². The molecule has 1 saturated carbocycles. The molecule has 2 aromatic carbocycles. The summed E-state index contributed by atoms with van der Waals surface area (Å²) in [6.45, 7) is 2.15. The third-order valence-corrected chi connectivity index (χ3v) is 6.04. The van der Waals surface area contributed by atoms with E-state index in [1.165, 1.54) is 18.6 Å². The lowest BCUT2D eigenvalue weighted by Crippen LogP contribution is -2.15. The van der Waals surface area contributed by atoms with Gasteiger partial charge >= 0.3 is 5.97 Å². The number of halogens is 4. The number of thioether (sulfide) groups is 1. The third kappa shape index (κ3) is 7.04. The summed E-state index contributed by atoms with van der Waals surface area (Å²) in [5.74, 6) is -5.00. The van der Waals surface area contributed by atoms with Crippen molar-refractivity contribution in [2.24, 2.45) is 5.92 Å². The Morgan fingerprint density at radius 2 is 1.67 bits per heavy atom. The van der Waals surface area contributed by atoms with Gasteiger partial charge in [0.1, 0.15) is 0 Å². The first kappa shape index (κ1) is 24.3. The van der Waals surface area contributed by atoms with E-state index in [4.69, 9.17) is 5.11 Å². The van der Waals surface area contributed by atoms with Crippen molar-refractivity contribution in [3.05, 3.63) is 65.2 Å². The molecule has 1 fully saturated rings. The van der Waals surface area contributed by atoms with Crippen molar-refractivity contribution < 1.29 is 27.5 Å². The van der Waals surface area contributed by atoms with Crippen LogP contribution in [-0.4, -0.2) is 16.8 Å². The van der Waals surface area contributed by atoms with Crippen LogP contribution in [0.1, 0.15) is 67.3 Å². The van der Waals surface area contributed by atoms with Crippen LogP contribution >= 0.6 is 11.8 Å². The minimum Gasteiger partial charge on any atom is -0.478 e. The van der Waals surface area contributed by atoms with Gasteiger partial charge in [0.2, 0.25) is 0 Å². The van der Waals surface area contributed by atoms with Crippen LogP contribution in [0.2, 0.25) is 0 Å². The maximum absolute atomic E-state index is 14.1. The molecular formula is C23H26F4O2S. The number of carboxylic acid groups (broad SMARTS) is 1. The van der Waals surface area contributed by atoms with E-state index in [2.05, 4.69) is 6.92 Å². The first-order valence-corrected chi connectivity index (χ1v) is 10.9. The van der Waals surface area contributed by atoms with E-state index < -0.39 is 23.4 Å². The van der Waals surface area contributed by atoms with Crippen LogP contribution in [0.5, 0.6) is 0 Å². The van der Waals surface area contributed by atoms with Gasteiger partial charge in [-0.3, -0.25) is 0 Å². The van der Waals surface area contributed by atoms with Gasteiger partial charge in [-0.2, -0.15) is 8.78 Å². The Morgan fingerprint density at radius 1 is 1.03 bits per heavy atom. The van der Waals surface area contributed by atoms with Gasteiger partial charge in [-0.25, -0.2) is 13.6 Å². The molecule has 164 valence electrons. The van der Waals surface area contributed by atoms with E-state index in [1.807, 2.05) is 0 Å². The molecule has 0 aliphatic heterocycles. The van der Waals surface area contributed by atoms with Crippen LogP contribution in [0.15, 0.2) is 47.4 Å². The molecule has 1 aliphatic carbocycles. The Hall–Kier alpha value is -2.02. The first-order valence-electron chi connectivity index (χ1n) is 10.0. The lowest BCUT2D eigenvalue weighted by Gasteiger charge is -2.29. The van der Waals surface area contributed by atoms with Gasteiger partial charge in [0.05, 0.1) is 10.5 Å². The Labute approximate surface area is 178 Å². The fourth-order valence-corrected chi connectivity index (χ4v) is 4.33. The Balaban J connectivity index is 0.000000297. The largest absolute Gasteiger partial charge is 0.478 e. The number of carbonyl (C=O) groups is 1. The second-order valence-electron chi connectivity index (χ2n) is 7.34. The minimum atomic E-state index is -2.74. The average Bonchev–Trinajstić information content (AvgIpc) is 2.73. The topological polar surface area (TPSA) is 37.3 Å². The molecule has 1 aliphatic rings. The smallest absolute Gasteiger partial charge is 0.335 e. The number of aromatic carboxylic acids is 1. The Morgan fingerprint density at radius 3 is 2.17 bits per heavy atom. The second-order valence-corrected chi connectivity index (χ2v) is 8.37. The molecule has 0 spiro atoms. The van der Waals surface area contributed by atoms with Crippen molar-refractivity contribution in [3.8, 4) is 0 Å². The zero-order valence-electron chi connectivity index (χ0n) is 16.8. The van der Waals surface area contributed by atoms with Gasteiger partial charge in [0.25, 0.3) is 5.76 Å². The van der Waals surface area contributed by atoms with E-state index in [-0.39, 0.29) is 22.6 Å². The standard InChI is InChI=1S/C16H20F4S.C7H6O2/c1-2-3-10-4-6-11(7-5-10)12-8-9-13(21-16(19)20)15(18)14(12)17;8-7(9)6-4-2-1-3-5-6/h8-11,16H,2-7H2,1H3;1-5H,(H,8,9). The molecule has 0 heterocycles. The number of carboxylic acids is 1. The predicted octanol–water partition coefficient (Wildman–Crippen LogP) is 7.74. The van der Waals surface area contributed by atoms with Crippen LogP contribution in [-0.2, 0) is 0 Å². The summed E-state index contributed by atoms with van der Waals surface area (Å²) in [6, 6.07) is 11.1. The highest BCUT2D eigenvalue weighted by Gasteiger charge is 2.26. The molecular weight excluding hydrogens is 416 g/mol. The van der Waals surface area contributed by atoms with Crippen LogP contribution in [0.25, 0.3) is 0 Å². The maximum atomic E-state index is 14.1. The SMILES string of the molecule is CCCC1CCC(c2ccc(SC(F)F)c(F)c2F)CC1.O=C(O)c1ccccc1. The van der Waals surface area contributed by atoms with Crippen molar-refractivity contribution in [1.29, 1.82) is 0 Å². The molecule has 7 heteroatoms. The average molecular weight is 443 g/mol. The quantitative estimate of drug-likeness (QED) is 0.367. The molecule has 2 nitrogen and oxygen atoms in total. The molecule has 30 heavy (non-hydrogen) atoms. The highest BCUT2D eigenvalue weighted by atomic mass is 32.2. The van der Waals surface area contributed by atoms with Crippen molar-refractivity contribution >= 4 is 17.7 Å². The molecule has 3 rings (SSSR count). The summed E-state index contributed by atoms with van der Waals surface area (Å²) in [7, 11) is 0. The molecule has 0 radical (unpaired) electrons. The van der Waals surface area contributed by atoms with E-state index in [9.17, 15) is 22.4 Å². The molecule has 2 aromatic rings. The number of benzene rings is 2. The van der Waals surface area contributed by atoms with Gasteiger partial charge in [-0.15, -0.1) is 0 Å².